The summed E-state index contributed by atoms with van der Waals surface area (Å²) < 4.78 is 6.82. The third-order valence-corrected chi connectivity index (χ3v) is 4.82. The molecule has 0 amide bonds. The van der Waals surface area contributed by atoms with Crippen molar-refractivity contribution in [1.82, 2.24) is 14.6 Å². The highest BCUT2D eigenvalue weighted by atomic mass is 32.1. The predicted molar refractivity (Wildman–Crippen MR) is 102 cm³/mol. The number of aromatic nitrogens is 3. The number of hydrogen-bond acceptors (Lipinski definition) is 7. The van der Waals surface area contributed by atoms with Crippen molar-refractivity contribution in [2.45, 2.75) is 33.1 Å². The Hall–Kier alpha value is -2.74. The SMILES string of the molecule is CCCCc1nn2c(N)c(/C=C3/C=CC(=O)C(OCC)=C3)c(=O)nc2s1. The molecule has 0 spiro atoms. The van der Waals surface area contributed by atoms with Crippen LogP contribution < -0.4 is 11.3 Å². The van der Waals surface area contributed by atoms with Gasteiger partial charge in [0.05, 0.1) is 12.2 Å². The molecular weight excluding hydrogens is 352 g/mol. The second kappa shape index (κ2) is 7.65. The first-order chi connectivity index (χ1) is 12.5. The number of carbonyl (C=O) groups excluding carboxylic acids is 1. The van der Waals surface area contributed by atoms with Crippen LogP contribution in [0.25, 0.3) is 11.0 Å². The number of carbonyl (C=O) groups is 1. The molecular formula is C18H20N4O3S. The molecule has 136 valence electrons. The lowest BCUT2D eigenvalue weighted by molar-refractivity contribution is -0.114. The summed E-state index contributed by atoms with van der Waals surface area (Å²) >= 11 is 1.38. The second-order valence-corrected chi connectivity index (χ2v) is 6.83. The number of allylic oxidation sites excluding steroid dienone is 4. The summed E-state index contributed by atoms with van der Waals surface area (Å²) in [5, 5.41) is 5.37. The van der Waals surface area contributed by atoms with Crippen molar-refractivity contribution in [3.63, 3.8) is 0 Å². The van der Waals surface area contributed by atoms with E-state index in [1.165, 1.54) is 21.9 Å². The van der Waals surface area contributed by atoms with Crippen LogP contribution in [0.4, 0.5) is 5.82 Å². The molecule has 0 atom stereocenters. The largest absolute Gasteiger partial charge is 0.490 e. The number of nitrogens with two attached hydrogens (primary N) is 1. The monoisotopic (exact) mass is 372 g/mol. The van der Waals surface area contributed by atoms with E-state index in [4.69, 9.17) is 10.5 Å². The van der Waals surface area contributed by atoms with Crippen molar-refractivity contribution in [2.24, 2.45) is 0 Å². The summed E-state index contributed by atoms with van der Waals surface area (Å²) in [6.07, 6.45) is 9.13. The Morgan fingerprint density at radius 1 is 1.31 bits per heavy atom. The quantitative estimate of drug-likeness (QED) is 0.836. The van der Waals surface area contributed by atoms with E-state index in [0.29, 0.717) is 17.1 Å². The van der Waals surface area contributed by atoms with E-state index in [-0.39, 0.29) is 22.9 Å². The van der Waals surface area contributed by atoms with E-state index < -0.39 is 5.56 Å². The van der Waals surface area contributed by atoms with Crippen molar-refractivity contribution in [2.75, 3.05) is 12.3 Å². The first-order valence-electron chi connectivity index (χ1n) is 8.50. The Bertz CT molecular complexity index is 998. The van der Waals surface area contributed by atoms with E-state index in [9.17, 15) is 9.59 Å². The molecule has 7 nitrogen and oxygen atoms in total. The summed E-state index contributed by atoms with van der Waals surface area (Å²) in [7, 11) is 0. The van der Waals surface area contributed by atoms with E-state index in [2.05, 4.69) is 17.0 Å². The maximum atomic E-state index is 12.4. The van der Waals surface area contributed by atoms with Crippen LogP contribution >= 0.6 is 11.3 Å². The lowest BCUT2D eigenvalue weighted by atomic mass is 10.0. The van der Waals surface area contributed by atoms with Crippen LogP contribution in [0.15, 0.2) is 34.4 Å². The van der Waals surface area contributed by atoms with Gasteiger partial charge in [0.25, 0.3) is 5.56 Å². The molecule has 0 bridgehead atoms. The van der Waals surface area contributed by atoms with Crippen LogP contribution in [0, 0.1) is 0 Å². The van der Waals surface area contributed by atoms with Gasteiger partial charge in [-0.3, -0.25) is 9.59 Å². The Labute approximate surface area is 154 Å². The second-order valence-electron chi connectivity index (χ2n) is 5.79. The normalized spacial score (nSPS) is 15.7. The predicted octanol–water partition coefficient (Wildman–Crippen LogP) is 2.52. The number of anilines is 1. The number of rotatable bonds is 6. The average Bonchev–Trinajstić information content (AvgIpc) is 3.02. The molecule has 3 rings (SSSR count). The first-order valence-corrected chi connectivity index (χ1v) is 9.32. The molecule has 1 aliphatic rings. The van der Waals surface area contributed by atoms with Gasteiger partial charge < -0.3 is 10.5 Å². The molecule has 26 heavy (non-hydrogen) atoms. The standard InChI is InChI=1S/C18H20N4O3S/c1-3-5-6-15-21-22-16(19)12(17(24)20-18(22)26-15)9-11-7-8-13(23)14(10-11)25-4-2/h7-10H,3-6,19H2,1-2H3/b11-9-. The first kappa shape index (κ1) is 18.1. The van der Waals surface area contributed by atoms with E-state index in [0.717, 1.165) is 24.3 Å². The highest BCUT2D eigenvalue weighted by Crippen LogP contribution is 2.21. The number of nitrogen functional groups attached to an aromatic ring is 1. The Morgan fingerprint density at radius 3 is 2.85 bits per heavy atom. The topological polar surface area (TPSA) is 99.6 Å². The van der Waals surface area contributed by atoms with Gasteiger partial charge in [-0.2, -0.15) is 14.6 Å². The fourth-order valence-corrected chi connectivity index (χ4v) is 3.47. The van der Waals surface area contributed by atoms with Crippen LogP contribution in [-0.2, 0) is 16.0 Å². The Kier molecular flexibility index (Phi) is 5.32. The number of nitrogens with zero attached hydrogens (tertiary/aromatic N) is 3. The lowest BCUT2D eigenvalue weighted by Gasteiger charge is -2.10. The van der Waals surface area contributed by atoms with Crippen molar-refractivity contribution in [1.29, 1.82) is 0 Å². The third-order valence-electron chi connectivity index (χ3n) is 3.86. The molecule has 0 aliphatic heterocycles. The zero-order chi connectivity index (χ0) is 18.7. The number of unbranched alkanes of at least 4 members (excludes halogenated alkanes) is 1. The fourth-order valence-electron chi connectivity index (χ4n) is 2.54. The van der Waals surface area contributed by atoms with Crippen LogP contribution in [0.3, 0.4) is 0 Å². The molecule has 2 N–H and O–H groups in total. The van der Waals surface area contributed by atoms with E-state index >= 15 is 0 Å². The van der Waals surface area contributed by atoms with Crippen LogP contribution in [-0.4, -0.2) is 27.0 Å². The van der Waals surface area contributed by atoms with Gasteiger partial charge >= 0.3 is 0 Å². The van der Waals surface area contributed by atoms with Crippen LogP contribution in [0.5, 0.6) is 0 Å². The van der Waals surface area contributed by atoms with Gasteiger partial charge in [-0.15, -0.1) is 0 Å². The molecule has 0 saturated heterocycles. The van der Waals surface area contributed by atoms with Crippen molar-refractivity contribution >= 4 is 34.0 Å². The molecule has 1 aliphatic carbocycles. The van der Waals surface area contributed by atoms with Gasteiger partial charge in [0.15, 0.2) is 5.76 Å². The molecule has 8 heteroatoms. The molecule has 2 heterocycles. The van der Waals surface area contributed by atoms with Crippen LogP contribution in [0.1, 0.15) is 37.3 Å². The molecule has 0 unspecified atom stereocenters. The van der Waals surface area contributed by atoms with Gasteiger partial charge in [0.2, 0.25) is 10.7 Å². The molecule has 0 radical (unpaired) electrons. The number of aryl methyl sites for hydroxylation is 1. The molecule has 2 aromatic heterocycles. The van der Waals surface area contributed by atoms with Gasteiger partial charge in [-0.1, -0.05) is 30.8 Å². The third kappa shape index (κ3) is 3.60. The summed E-state index contributed by atoms with van der Waals surface area (Å²) in [6, 6.07) is 0. The van der Waals surface area contributed by atoms with Crippen molar-refractivity contribution in [3.8, 4) is 0 Å². The minimum atomic E-state index is -0.419. The van der Waals surface area contributed by atoms with Gasteiger partial charge in [0.1, 0.15) is 10.8 Å². The maximum Gasteiger partial charge on any atom is 0.283 e. The summed E-state index contributed by atoms with van der Waals surface area (Å²) in [5.74, 6) is 0.273. The van der Waals surface area contributed by atoms with Gasteiger partial charge in [0, 0.05) is 6.42 Å². The summed E-state index contributed by atoms with van der Waals surface area (Å²) in [6.45, 7) is 4.30. The zero-order valence-electron chi connectivity index (χ0n) is 14.7. The van der Waals surface area contributed by atoms with Crippen molar-refractivity contribution in [3.05, 3.63) is 50.5 Å². The van der Waals surface area contributed by atoms with Crippen molar-refractivity contribution < 1.29 is 9.53 Å². The number of hydrogen-bond donors (Lipinski definition) is 1. The number of ketones is 1. The summed E-state index contributed by atoms with van der Waals surface area (Å²) in [4.78, 5) is 28.8. The van der Waals surface area contributed by atoms with Gasteiger partial charge in [-0.25, -0.2) is 0 Å². The fraction of sp³-hybridized carbons (Fsp3) is 0.333. The van der Waals surface area contributed by atoms with E-state index in [1.807, 2.05) is 0 Å². The highest BCUT2D eigenvalue weighted by molar-refractivity contribution is 7.16. The summed E-state index contributed by atoms with van der Waals surface area (Å²) in [5.41, 5.74) is 6.65. The molecule has 0 fully saturated rings. The maximum absolute atomic E-state index is 12.4. The molecule has 0 aromatic carbocycles. The minimum Gasteiger partial charge on any atom is -0.490 e. The highest BCUT2D eigenvalue weighted by Gasteiger charge is 2.16. The Balaban J connectivity index is 2.03. The number of fused-ring (bicyclic) bond motifs is 1. The van der Waals surface area contributed by atoms with E-state index in [1.54, 1.807) is 25.2 Å². The smallest absolute Gasteiger partial charge is 0.283 e. The van der Waals surface area contributed by atoms with Gasteiger partial charge in [-0.05, 0) is 37.1 Å². The Morgan fingerprint density at radius 2 is 2.12 bits per heavy atom. The molecule has 0 saturated carbocycles. The minimum absolute atomic E-state index is 0.206. The molecule has 2 aromatic rings. The zero-order valence-corrected chi connectivity index (χ0v) is 15.5. The average molecular weight is 372 g/mol. The lowest BCUT2D eigenvalue weighted by Crippen LogP contribution is -2.17. The number of ether oxygens (including phenoxy) is 1. The van der Waals surface area contributed by atoms with Crippen LogP contribution in [0.2, 0.25) is 0 Å².